The Hall–Kier alpha value is -5.54. The topological polar surface area (TPSA) is 294 Å². The number of hydrogen-bond donors (Lipinski definition) is 5. The van der Waals surface area contributed by atoms with E-state index < -0.39 is 52.8 Å². The number of carbonyl (C=O) groups is 1. The van der Waals surface area contributed by atoms with Gasteiger partial charge in [0, 0.05) is 16.8 Å². The number of nitrogens with zero attached hydrogens (tertiary/aromatic N) is 5. The summed E-state index contributed by atoms with van der Waals surface area (Å²) in [5.41, 5.74) is 15.1. The van der Waals surface area contributed by atoms with Crippen molar-refractivity contribution in [3.63, 3.8) is 0 Å². The van der Waals surface area contributed by atoms with Crippen LogP contribution in [0.25, 0.3) is 32.3 Å². The van der Waals surface area contributed by atoms with Crippen molar-refractivity contribution in [2.75, 3.05) is 58.2 Å². The molecule has 19 nitrogen and oxygen atoms in total. The quantitative estimate of drug-likeness (QED) is 0.0252. The second-order valence-corrected chi connectivity index (χ2v) is 13.0. The molecule has 0 aliphatic heterocycles. The summed E-state index contributed by atoms with van der Waals surface area (Å²) in [6.45, 7) is 0.576. The van der Waals surface area contributed by atoms with Gasteiger partial charge in [0.05, 0.1) is 50.8 Å². The molecule has 270 valence electrons. The third-order valence-electron chi connectivity index (χ3n) is 7.03. The van der Waals surface area contributed by atoms with Crippen molar-refractivity contribution in [2.45, 2.75) is 9.79 Å². The second kappa shape index (κ2) is 16.4. The van der Waals surface area contributed by atoms with Gasteiger partial charge in [-0.1, -0.05) is 23.3 Å². The number of hydrogen-bond acceptors (Lipinski definition) is 14. The van der Waals surface area contributed by atoms with Gasteiger partial charge in [0.2, 0.25) is 5.91 Å². The van der Waals surface area contributed by atoms with E-state index in [1.165, 1.54) is 14.2 Å². The number of azide groups is 1. The number of phenolic OH excluding ortho intramolecular Hbond substituents is 1. The summed E-state index contributed by atoms with van der Waals surface area (Å²) in [7, 11) is -7.28. The Morgan fingerprint density at radius 2 is 1.45 bits per heavy atom. The standard InChI is InChI=1S/C30H31N7O12S2/c1-46-23-13-17(3-6-20(23)34-27(38)16-49-12-11-48-10-9-33-37-32)18-4-7-21(24(14-18)47-2)35-36-22-8-5-19-25(50(40,41)42)15-26(51(43,44)45)29(31)28(19)30(22)39/h3-8,13-15,39H,9-12,16,31H2,1-2H3,(H,34,38)(H,40,41,42)(H,43,44,45). The molecule has 0 aliphatic carbocycles. The normalized spacial score (nSPS) is 11.8. The van der Waals surface area contributed by atoms with Crippen LogP contribution in [0, 0.1) is 0 Å². The molecular weight excluding hydrogens is 715 g/mol. The van der Waals surface area contributed by atoms with E-state index in [1.54, 1.807) is 36.4 Å². The lowest BCUT2D eigenvalue weighted by molar-refractivity contribution is -0.121. The molecule has 6 N–H and O–H groups in total. The lowest BCUT2D eigenvalue weighted by atomic mass is 10.0. The van der Waals surface area contributed by atoms with E-state index in [0.717, 1.165) is 12.1 Å². The van der Waals surface area contributed by atoms with Gasteiger partial charge < -0.3 is 35.1 Å². The van der Waals surface area contributed by atoms with Gasteiger partial charge in [0.1, 0.15) is 39.3 Å². The second-order valence-electron chi connectivity index (χ2n) is 10.3. The molecule has 0 unspecified atom stereocenters. The number of nitrogens with one attached hydrogen (secondary N) is 1. The fourth-order valence-electron chi connectivity index (χ4n) is 4.71. The maximum Gasteiger partial charge on any atom is 0.296 e. The van der Waals surface area contributed by atoms with E-state index in [4.69, 9.17) is 30.2 Å². The molecule has 0 saturated heterocycles. The van der Waals surface area contributed by atoms with E-state index in [2.05, 4.69) is 25.6 Å². The highest BCUT2D eigenvalue weighted by molar-refractivity contribution is 7.87. The zero-order chi connectivity index (χ0) is 37.3. The molecule has 0 spiro atoms. The Morgan fingerprint density at radius 1 is 0.843 bits per heavy atom. The Labute approximate surface area is 290 Å². The number of aromatic hydroxyl groups is 1. The smallest absolute Gasteiger partial charge is 0.296 e. The summed E-state index contributed by atoms with van der Waals surface area (Å²) < 4.78 is 88.4. The van der Waals surface area contributed by atoms with Gasteiger partial charge in [-0.25, -0.2) is 0 Å². The number of ether oxygens (including phenoxy) is 4. The van der Waals surface area contributed by atoms with Gasteiger partial charge in [0.15, 0.2) is 5.75 Å². The molecule has 4 aromatic carbocycles. The molecule has 0 radical (unpaired) electrons. The number of azo groups is 1. The maximum absolute atomic E-state index is 12.4. The summed E-state index contributed by atoms with van der Waals surface area (Å²) in [6.07, 6.45) is 0. The minimum absolute atomic E-state index is 0.158. The van der Waals surface area contributed by atoms with Gasteiger partial charge in [-0.05, 0) is 53.1 Å². The number of nitrogens with two attached hydrogens (primary N) is 1. The summed E-state index contributed by atoms with van der Waals surface area (Å²) >= 11 is 0. The van der Waals surface area contributed by atoms with Gasteiger partial charge in [-0.15, -0.1) is 10.2 Å². The summed E-state index contributed by atoms with van der Waals surface area (Å²) in [5.74, 6) is -0.609. The Balaban J connectivity index is 1.55. The first-order valence-electron chi connectivity index (χ1n) is 14.5. The van der Waals surface area contributed by atoms with Crippen molar-refractivity contribution in [2.24, 2.45) is 15.3 Å². The van der Waals surface area contributed by atoms with Crippen LogP contribution in [0.2, 0.25) is 0 Å². The number of amides is 1. The van der Waals surface area contributed by atoms with E-state index in [0.29, 0.717) is 28.6 Å². The fraction of sp³-hybridized carbons (Fsp3) is 0.233. The largest absolute Gasteiger partial charge is 0.505 e. The first-order valence-corrected chi connectivity index (χ1v) is 17.3. The van der Waals surface area contributed by atoms with E-state index in [-0.39, 0.29) is 55.5 Å². The van der Waals surface area contributed by atoms with Crippen molar-refractivity contribution >= 4 is 59.7 Å². The minimum atomic E-state index is -5.08. The molecule has 1 amide bonds. The number of carbonyl (C=O) groups excluding carboxylic acids is 1. The molecule has 4 aromatic rings. The highest BCUT2D eigenvalue weighted by atomic mass is 32.2. The lowest BCUT2D eigenvalue weighted by Crippen LogP contribution is -2.20. The number of anilines is 2. The van der Waals surface area contributed by atoms with Crippen molar-refractivity contribution in [3.8, 4) is 28.4 Å². The molecule has 0 heterocycles. The molecule has 0 atom stereocenters. The minimum Gasteiger partial charge on any atom is -0.505 e. The molecule has 0 fully saturated rings. The zero-order valence-electron chi connectivity index (χ0n) is 26.9. The van der Waals surface area contributed by atoms with Gasteiger partial charge in [0.25, 0.3) is 20.2 Å². The average Bonchev–Trinajstić information content (AvgIpc) is 3.08. The third-order valence-corrected chi connectivity index (χ3v) is 8.82. The summed E-state index contributed by atoms with van der Waals surface area (Å²) in [5, 5.41) is 24.3. The molecule has 21 heteroatoms. The van der Waals surface area contributed by atoms with Crippen molar-refractivity contribution in [3.05, 3.63) is 65.0 Å². The van der Waals surface area contributed by atoms with Crippen LogP contribution in [0.3, 0.4) is 0 Å². The summed E-state index contributed by atoms with van der Waals surface area (Å²) in [4.78, 5) is 13.0. The number of methoxy groups -OCH3 is 2. The van der Waals surface area contributed by atoms with Gasteiger partial charge >= 0.3 is 0 Å². The SMILES string of the molecule is COc1cc(-c2ccc(NC(=O)COCCOCCN=[N+]=[N-])c(OC)c2)ccc1N=Nc1ccc2c(S(=O)(=O)O)cc(S(=O)(=O)O)c(N)c2c1O. The van der Waals surface area contributed by atoms with Crippen LogP contribution < -0.4 is 20.5 Å². The van der Waals surface area contributed by atoms with Gasteiger partial charge in [-0.3, -0.25) is 13.9 Å². The highest BCUT2D eigenvalue weighted by Crippen LogP contribution is 2.44. The fourth-order valence-corrected chi connectivity index (χ4v) is 6.14. The molecular formula is C30H31N7O12S2. The first kappa shape index (κ1) is 38.3. The predicted octanol–water partition coefficient (Wildman–Crippen LogP) is 5.00. The van der Waals surface area contributed by atoms with Crippen LogP contribution in [0.4, 0.5) is 22.7 Å². The summed E-state index contributed by atoms with van der Waals surface area (Å²) in [6, 6.07) is 12.7. The first-order chi connectivity index (χ1) is 24.2. The number of benzene rings is 4. The van der Waals surface area contributed by atoms with E-state index in [1.807, 2.05) is 0 Å². The maximum atomic E-state index is 12.4. The highest BCUT2D eigenvalue weighted by Gasteiger charge is 2.26. The van der Waals surface area contributed by atoms with Crippen LogP contribution in [-0.4, -0.2) is 84.1 Å². The van der Waals surface area contributed by atoms with Crippen LogP contribution >= 0.6 is 0 Å². The Kier molecular flexibility index (Phi) is 12.3. The van der Waals surface area contributed by atoms with Crippen molar-refractivity contribution in [1.29, 1.82) is 0 Å². The molecule has 0 saturated carbocycles. The molecule has 4 rings (SSSR count). The van der Waals surface area contributed by atoms with Crippen molar-refractivity contribution in [1.82, 2.24) is 0 Å². The predicted molar refractivity (Wildman–Crippen MR) is 183 cm³/mol. The average molecular weight is 746 g/mol. The molecule has 0 aromatic heterocycles. The number of nitrogen functional groups attached to an aromatic ring is 1. The third kappa shape index (κ3) is 9.38. The van der Waals surface area contributed by atoms with Crippen LogP contribution in [0.5, 0.6) is 17.2 Å². The molecule has 0 aliphatic rings. The van der Waals surface area contributed by atoms with Crippen molar-refractivity contribution < 1.29 is 54.8 Å². The molecule has 51 heavy (non-hydrogen) atoms. The number of fused-ring (bicyclic) bond motifs is 1. The zero-order valence-corrected chi connectivity index (χ0v) is 28.5. The number of rotatable bonds is 16. The van der Waals surface area contributed by atoms with E-state index >= 15 is 0 Å². The van der Waals surface area contributed by atoms with Crippen LogP contribution in [0.1, 0.15) is 0 Å². The Morgan fingerprint density at radius 3 is 2.10 bits per heavy atom. The Bertz CT molecular complexity index is 2260. The monoisotopic (exact) mass is 745 g/mol. The number of phenols is 1. The van der Waals surface area contributed by atoms with Crippen LogP contribution in [0.15, 0.2) is 79.7 Å². The molecule has 0 bridgehead atoms. The van der Waals surface area contributed by atoms with Crippen LogP contribution in [-0.2, 0) is 34.5 Å². The van der Waals surface area contributed by atoms with Gasteiger partial charge in [-0.2, -0.15) is 16.8 Å². The lowest BCUT2D eigenvalue weighted by Gasteiger charge is -2.14. The van der Waals surface area contributed by atoms with E-state index in [9.17, 15) is 35.8 Å².